The number of nitrogens with one attached hydrogen (secondary N) is 1. The van der Waals surface area contributed by atoms with E-state index in [4.69, 9.17) is 0 Å². The molecule has 0 radical (unpaired) electrons. The lowest BCUT2D eigenvalue weighted by atomic mass is 10.0. The van der Waals surface area contributed by atoms with E-state index < -0.39 is 0 Å². The summed E-state index contributed by atoms with van der Waals surface area (Å²) in [6, 6.07) is 0.262. The number of rotatable bonds is 4. The molecule has 0 aromatic rings. The van der Waals surface area contributed by atoms with Gasteiger partial charge in [0, 0.05) is 25.6 Å². The van der Waals surface area contributed by atoms with Crippen LogP contribution in [0.2, 0.25) is 0 Å². The molecule has 1 saturated heterocycles. The van der Waals surface area contributed by atoms with Gasteiger partial charge in [0.25, 0.3) is 0 Å². The molecule has 4 heteroatoms. The molecule has 0 aliphatic carbocycles. The number of piperidine rings is 1. The van der Waals surface area contributed by atoms with Crippen LogP contribution in [0.4, 0.5) is 0 Å². The monoisotopic (exact) mass is 198 g/mol. The van der Waals surface area contributed by atoms with E-state index in [0.717, 1.165) is 38.8 Å². The molecule has 0 saturated carbocycles. The van der Waals surface area contributed by atoms with Gasteiger partial charge in [0.05, 0.1) is 0 Å². The molecule has 0 atom stereocenters. The molecule has 2 amide bonds. The van der Waals surface area contributed by atoms with Gasteiger partial charge in [-0.3, -0.25) is 9.59 Å². The first-order valence-electron chi connectivity index (χ1n) is 5.25. The molecule has 1 fully saturated rings. The van der Waals surface area contributed by atoms with E-state index in [2.05, 4.69) is 5.32 Å². The minimum atomic E-state index is 0.247. The second-order valence-electron chi connectivity index (χ2n) is 3.69. The van der Waals surface area contributed by atoms with Crippen LogP contribution in [0.5, 0.6) is 0 Å². The van der Waals surface area contributed by atoms with Crippen molar-refractivity contribution >= 4 is 12.3 Å². The molecule has 14 heavy (non-hydrogen) atoms. The molecule has 0 bridgehead atoms. The standard InChI is InChI=1S/C10H18N2O2/c1-2-3-10(14)12-6-4-9(5-7-12)11-8-13/h8-9H,2-7H2,1H3,(H,11,13). The Bertz CT molecular complexity index is 198. The highest BCUT2D eigenvalue weighted by Crippen LogP contribution is 2.11. The Morgan fingerprint density at radius 2 is 2.14 bits per heavy atom. The lowest BCUT2D eigenvalue weighted by molar-refractivity contribution is -0.132. The first-order valence-corrected chi connectivity index (χ1v) is 5.25. The number of hydrogen-bond acceptors (Lipinski definition) is 2. The van der Waals surface area contributed by atoms with E-state index in [1.807, 2.05) is 11.8 Å². The summed E-state index contributed by atoms with van der Waals surface area (Å²) in [5.74, 6) is 0.247. The molecule has 0 unspecified atom stereocenters. The average molecular weight is 198 g/mol. The quantitative estimate of drug-likeness (QED) is 0.670. The summed E-state index contributed by atoms with van der Waals surface area (Å²) < 4.78 is 0. The second kappa shape index (κ2) is 5.62. The molecule has 0 aromatic heterocycles. The van der Waals surface area contributed by atoms with Crippen LogP contribution in [-0.4, -0.2) is 36.3 Å². The van der Waals surface area contributed by atoms with Gasteiger partial charge in [-0.05, 0) is 19.3 Å². The molecule has 1 rings (SSSR count). The van der Waals surface area contributed by atoms with Crippen LogP contribution >= 0.6 is 0 Å². The molecule has 4 nitrogen and oxygen atoms in total. The van der Waals surface area contributed by atoms with Crippen LogP contribution in [0, 0.1) is 0 Å². The average Bonchev–Trinajstić information content (AvgIpc) is 2.20. The van der Waals surface area contributed by atoms with Gasteiger partial charge in [-0.15, -0.1) is 0 Å². The van der Waals surface area contributed by atoms with Crippen molar-refractivity contribution in [2.75, 3.05) is 13.1 Å². The van der Waals surface area contributed by atoms with Crippen LogP contribution in [0.1, 0.15) is 32.6 Å². The van der Waals surface area contributed by atoms with Gasteiger partial charge in [-0.25, -0.2) is 0 Å². The fourth-order valence-electron chi connectivity index (χ4n) is 1.76. The molecular formula is C10H18N2O2. The van der Waals surface area contributed by atoms with E-state index in [1.54, 1.807) is 0 Å². The number of hydrogen-bond donors (Lipinski definition) is 1. The third-order valence-corrected chi connectivity index (χ3v) is 2.62. The van der Waals surface area contributed by atoms with Crippen molar-refractivity contribution in [1.82, 2.24) is 10.2 Å². The number of nitrogens with zero attached hydrogens (tertiary/aromatic N) is 1. The largest absolute Gasteiger partial charge is 0.356 e. The molecular weight excluding hydrogens is 180 g/mol. The minimum Gasteiger partial charge on any atom is -0.356 e. The highest BCUT2D eigenvalue weighted by molar-refractivity contribution is 5.76. The zero-order chi connectivity index (χ0) is 10.4. The van der Waals surface area contributed by atoms with Crippen molar-refractivity contribution < 1.29 is 9.59 Å². The fourth-order valence-corrected chi connectivity index (χ4v) is 1.76. The van der Waals surface area contributed by atoms with Gasteiger partial charge in [0.1, 0.15) is 0 Å². The van der Waals surface area contributed by atoms with E-state index in [-0.39, 0.29) is 11.9 Å². The Kier molecular flexibility index (Phi) is 4.43. The second-order valence-corrected chi connectivity index (χ2v) is 3.69. The van der Waals surface area contributed by atoms with Gasteiger partial charge in [0.15, 0.2) is 0 Å². The molecule has 0 aromatic carbocycles. The van der Waals surface area contributed by atoms with Crippen molar-refractivity contribution in [1.29, 1.82) is 0 Å². The first kappa shape index (κ1) is 11.0. The van der Waals surface area contributed by atoms with Gasteiger partial charge in [-0.2, -0.15) is 0 Å². The summed E-state index contributed by atoms with van der Waals surface area (Å²) in [6.07, 6.45) is 4.06. The predicted octanol–water partition coefficient (Wildman–Crippen LogP) is 0.524. The van der Waals surface area contributed by atoms with Crippen molar-refractivity contribution in [2.45, 2.75) is 38.6 Å². The maximum Gasteiger partial charge on any atom is 0.222 e. The summed E-state index contributed by atoms with van der Waals surface area (Å²) >= 11 is 0. The summed E-state index contributed by atoms with van der Waals surface area (Å²) in [6.45, 7) is 3.58. The zero-order valence-corrected chi connectivity index (χ0v) is 8.66. The van der Waals surface area contributed by atoms with Gasteiger partial charge >= 0.3 is 0 Å². The molecule has 1 aliphatic rings. The Hall–Kier alpha value is -1.06. The summed E-state index contributed by atoms with van der Waals surface area (Å²) in [7, 11) is 0. The Morgan fingerprint density at radius 1 is 1.50 bits per heavy atom. The minimum absolute atomic E-state index is 0.247. The van der Waals surface area contributed by atoms with Crippen LogP contribution in [0.3, 0.4) is 0 Å². The smallest absolute Gasteiger partial charge is 0.222 e. The van der Waals surface area contributed by atoms with Crippen LogP contribution < -0.4 is 5.32 Å². The van der Waals surface area contributed by atoms with Crippen LogP contribution in [-0.2, 0) is 9.59 Å². The fraction of sp³-hybridized carbons (Fsp3) is 0.800. The third-order valence-electron chi connectivity index (χ3n) is 2.62. The number of carbonyl (C=O) groups is 2. The van der Waals surface area contributed by atoms with Crippen LogP contribution in [0.25, 0.3) is 0 Å². The topological polar surface area (TPSA) is 49.4 Å². The summed E-state index contributed by atoms with van der Waals surface area (Å²) in [5, 5.41) is 2.76. The molecule has 1 N–H and O–H groups in total. The summed E-state index contributed by atoms with van der Waals surface area (Å²) in [5.41, 5.74) is 0. The third kappa shape index (κ3) is 3.01. The molecule has 0 spiro atoms. The van der Waals surface area contributed by atoms with E-state index >= 15 is 0 Å². The highest BCUT2D eigenvalue weighted by Gasteiger charge is 2.21. The van der Waals surface area contributed by atoms with Gasteiger partial charge in [0.2, 0.25) is 12.3 Å². The Morgan fingerprint density at radius 3 is 2.64 bits per heavy atom. The van der Waals surface area contributed by atoms with Gasteiger partial charge in [-0.1, -0.05) is 6.92 Å². The van der Waals surface area contributed by atoms with Crippen molar-refractivity contribution in [3.63, 3.8) is 0 Å². The Labute approximate surface area is 84.7 Å². The van der Waals surface area contributed by atoms with E-state index in [1.165, 1.54) is 0 Å². The van der Waals surface area contributed by atoms with Crippen LogP contribution in [0.15, 0.2) is 0 Å². The van der Waals surface area contributed by atoms with Gasteiger partial charge < -0.3 is 10.2 Å². The van der Waals surface area contributed by atoms with E-state index in [0.29, 0.717) is 6.42 Å². The first-order chi connectivity index (χ1) is 6.77. The molecule has 80 valence electrons. The maximum absolute atomic E-state index is 11.5. The molecule has 1 aliphatic heterocycles. The SMILES string of the molecule is CCCC(=O)N1CCC(NC=O)CC1. The number of amides is 2. The maximum atomic E-state index is 11.5. The lowest BCUT2D eigenvalue weighted by Crippen LogP contribution is -2.44. The zero-order valence-electron chi connectivity index (χ0n) is 8.66. The van der Waals surface area contributed by atoms with Crippen molar-refractivity contribution in [3.05, 3.63) is 0 Å². The van der Waals surface area contributed by atoms with Crippen molar-refractivity contribution in [3.8, 4) is 0 Å². The number of likely N-dealkylation sites (tertiary alicyclic amines) is 1. The lowest BCUT2D eigenvalue weighted by Gasteiger charge is -2.31. The normalized spacial score (nSPS) is 17.9. The molecule has 1 heterocycles. The Balaban J connectivity index is 2.27. The van der Waals surface area contributed by atoms with Crippen molar-refractivity contribution in [2.24, 2.45) is 0 Å². The highest BCUT2D eigenvalue weighted by atomic mass is 16.2. The summed E-state index contributed by atoms with van der Waals surface area (Å²) in [4.78, 5) is 23.6. The predicted molar refractivity (Wildman–Crippen MR) is 53.7 cm³/mol. The number of carbonyl (C=O) groups excluding carboxylic acids is 2. The van der Waals surface area contributed by atoms with E-state index in [9.17, 15) is 9.59 Å².